The number of hydrogen-bond acceptors (Lipinski definition) is 5. The number of benzene rings is 1. The molecule has 1 aliphatic carbocycles. The third-order valence-electron chi connectivity index (χ3n) is 5.03. The lowest BCUT2D eigenvalue weighted by molar-refractivity contribution is 0.0955. The predicted octanol–water partition coefficient (Wildman–Crippen LogP) is 2.46. The van der Waals surface area contributed by atoms with Crippen LogP contribution in [0.1, 0.15) is 40.8 Å². The molecule has 0 saturated heterocycles. The summed E-state index contributed by atoms with van der Waals surface area (Å²) in [6, 6.07) is 9.35. The molecule has 1 aromatic carbocycles. The summed E-state index contributed by atoms with van der Waals surface area (Å²) in [5.41, 5.74) is 2.94. The second kappa shape index (κ2) is 6.63. The van der Waals surface area contributed by atoms with Crippen molar-refractivity contribution in [1.29, 1.82) is 0 Å². The quantitative estimate of drug-likeness (QED) is 0.539. The predicted molar refractivity (Wildman–Crippen MR) is 104 cm³/mol. The highest BCUT2D eigenvalue weighted by Crippen LogP contribution is 2.39. The largest absolute Gasteiger partial charge is 0.497 e. The highest BCUT2D eigenvalue weighted by molar-refractivity contribution is 5.99. The van der Waals surface area contributed by atoms with Gasteiger partial charge in [-0.25, -0.2) is 4.98 Å². The summed E-state index contributed by atoms with van der Waals surface area (Å²) < 4.78 is 7.16. The van der Waals surface area contributed by atoms with E-state index in [-0.39, 0.29) is 5.91 Å². The van der Waals surface area contributed by atoms with E-state index in [1.807, 2.05) is 34.9 Å². The molecule has 1 saturated carbocycles. The van der Waals surface area contributed by atoms with Gasteiger partial charge in [-0.05, 0) is 37.1 Å². The molecule has 3 aromatic heterocycles. The van der Waals surface area contributed by atoms with Crippen molar-refractivity contribution in [1.82, 2.24) is 29.9 Å². The van der Waals surface area contributed by atoms with Gasteiger partial charge in [0, 0.05) is 31.1 Å². The number of amides is 1. The van der Waals surface area contributed by atoms with Crippen molar-refractivity contribution in [2.45, 2.75) is 25.2 Å². The van der Waals surface area contributed by atoms with Crippen molar-refractivity contribution < 1.29 is 9.53 Å². The molecule has 0 radical (unpaired) electrons. The first-order valence-corrected chi connectivity index (χ1v) is 9.37. The van der Waals surface area contributed by atoms with Gasteiger partial charge in [0.05, 0.1) is 23.7 Å². The average molecular weight is 376 g/mol. The van der Waals surface area contributed by atoms with Crippen molar-refractivity contribution in [3.05, 3.63) is 53.7 Å². The van der Waals surface area contributed by atoms with Gasteiger partial charge in [0.1, 0.15) is 17.4 Å². The van der Waals surface area contributed by atoms with Gasteiger partial charge in [0.15, 0.2) is 5.65 Å². The Bertz CT molecular complexity index is 1170. The van der Waals surface area contributed by atoms with Crippen molar-refractivity contribution in [2.24, 2.45) is 0 Å². The minimum absolute atomic E-state index is 0.155. The molecule has 8 nitrogen and oxygen atoms in total. The van der Waals surface area contributed by atoms with Crippen LogP contribution in [0.5, 0.6) is 5.75 Å². The number of H-pyrrole nitrogens is 1. The van der Waals surface area contributed by atoms with Gasteiger partial charge < -0.3 is 15.0 Å². The summed E-state index contributed by atoms with van der Waals surface area (Å²) >= 11 is 0. The van der Waals surface area contributed by atoms with Gasteiger partial charge in [0.25, 0.3) is 5.91 Å². The van der Waals surface area contributed by atoms with Crippen LogP contribution < -0.4 is 10.1 Å². The van der Waals surface area contributed by atoms with Gasteiger partial charge >= 0.3 is 0 Å². The number of carbonyl (C=O) groups is 1. The number of carbonyl (C=O) groups excluding carboxylic acids is 1. The van der Waals surface area contributed by atoms with E-state index in [4.69, 9.17) is 4.74 Å². The Kier molecular flexibility index (Phi) is 3.96. The van der Waals surface area contributed by atoms with Crippen LogP contribution >= 0.6 is 0 Å². The van der Waals surface area contributed by atoms with Crippen molar-refractivity contribution in [2.75, 3.05) is 13.7 Å². The van der Waals surface area contributed by atoms with Crippen LogP contribution in [0.15, 0.2) is 36.5 Å². The number of aromatic amines is 1. The average Bonchev–Trinajstić information content (AvgIpc) is 3.33. The third-order valence-corrected chi connectivity index (χ3v) is 5.03. The molecule has 2 N–H and O–H groups in total. The molecule has 0 bridgehead atoms. The van der Waals surface area contributed by atoms with Crippen LogP contribution in [0.2, 0.25) is 0 Å². The van der Waals surface area contributed by atoms with Gasteiger partial charge in [0.2, 0.25) is 0 Å². The number of rotatable bonds is 6. The number of nitrogens with one attached hydrogen (secondary N) is 2. The summed E-state index contributed by atoms with van der Waals surface area (Å²) in [7, 11) is 1.64. The molecule has 1 aliphatic rings. The van der Waals surface area contributed by atoms with Crippen LogP contribution in [0.25, 0.3) is 16.7 Å². The summed E-state index contributed by atoms with van der Waals surface area (Å²) in [6.45, 7) is 0.473. The molecule has 0 spiro atoms. The molecule has 1 fully saturated rings. The van der Waals surface area contributed by atoms with Crippen LogP contribution in [-0.2, 0) is 6.42 Å². The summed E-state index contributed by atoms with van der Waals surface area (Å²) in [5, 5.41) is 11.5. The minimum Gasteiger partial charge on any atom is -0.497 e. The second-order valence-electron chi connectivity index (χ2n) is 7.02. The first kappa shape index (κ1) is 16.7. The number of ether oxygens (including phenoxy) is 1. The maximum atomic E-state index is 12.7. The molecule has 8 heteroatoms. The molecular weight excluding hydrogens is 356 g/mol. The number of aromatic nitrogens is 5. The molecule has 0 unspecified atom stereocenters. The van der Waals surface area contributed by atoms with E-state index in [9.17, 15) is 4.79 Å². The van der Waals surface area contributed by atoms with E-state index in [1.54, 1.807) is 13.2 Å². The maximum Gasteiger partial charge on any atom is 0.255 e. The molecule has 5 rings (SSSR count). The normalized spacial score (nSPS) is 13.9. The van der Waals surface area contributed by atoms with Crippen molar-refractivity contribution in [3.63, 3.8) is 0 Å². The lowest BCUT2D eigenvalue weighted by Gasteiger charge is -2.05. The zero-order chi connectivity index (χ0) is 19.1. The highest BCUT2D eigenvalue weighted by atomic mass is 16.5. The minimum atomic E-state index is -0.155. The van der Waals surface area contributed by atoms with E-state index in [2.05, 4.69) is 25.5 Å². The van der Waals surface area contributed by atoms with E-state index >= 15 is 0 Å². The fourth-order valence-electron chi connectivity index (χ4n) is 3.41. The fourth-order valence-corrected chi connectivity index (χ4v) is 3.41. The first-order chi connectivity index (χ1) is 13.7. The maximum absolute atomic E-state index is 12.7. The molecular formula is C20H20N6O2. The zero-order valence-corrected chi connectivity index (χ0v) is 15.5. The van der Waals surface area contributed by atoms with Gasteiger partial charge in [-0.15, -0.1) is 10.2 Å². The smallest absolute Gasteiger partial charge is 0.255 e. The number of imidazole rings is 1. The Morgan fingerprint density at radius 2 is 2.21 bits per heavy atom. The molecule has 1 amide bonds. The molecule has 142 valence electrons. The van der Waals surface area contributed by atoms with E-state index in [0.717, 1.165) is 41.3 Å². The second-order valence-corrected chi connectivity index (χ2v) is 7.02. The van der Waals surface area contributed by atoms with Crippen LogP contribution in [0.3, 0.4) is 0 Å². The van der Waals surface area contributed by atoms with Gasteiger partial charge in [-0.1, -0.05) is 0 Å². The van der Waals surface area contributed by atoms with Crippen LogP contribution in [0, 0.1) is 0 Å². The number of nitrogens with zero attached hydrogens (tertiary/aromatic N) is 4. The molecule has 0 atom stereocenters. The molecule has 0 aliphatic heterocycles. The monoisotopic (exact) mass is 376 g/mol. The topological polar surface area (TPSA) is 97.2 Å². The number of fused-ring (bicyclic) bond motifs is 2. The van der Waals surface area contributed by atoms with Crippen molar-refractivity contribution >= 4 is 22.6 Å². The molecule has 4 aromatic rings. The fraction of sp³-hybridized carbons (Fsp3) is 0.300. The molecule has 3 heterocycles. The summed E-state index contributed by atoms with van der Waals surface area (Å²) in [5.74, 6) is 2.86. The number of methoxy groups -OCH3 is 1. The van der Waals surface area contributed by atoms with E-state index in [0.29, 0.717) is 30.1 Å². The Hall–Kier alpha value is -3.42. The Morgan fingerprint density at radius 1 is 1.32 bits per heavy atom. The lowest BCUT2D eigenvalue weighted by Crippen LogP contribution is -2.26. The standard InChI is InChI=1S/C20H20N6O2/c1-28-13-6-7-15-16(11-13)23-17(22-15)8-9-21-20(27)14-3-2-10-26-18(12-4-5-12)24-25-19(14)26/h2-3,6-7,10-12H,4-5,8-9H2,1H3,(H,21,27)(H,22,23). The Morgan fingerprint density at radius 3 is 3.04 bits per heavy atom. The summed E-state index contributed by atoms with van der Waals surface area (Å²) in [4.78, 5) is 20.5. The number of hydrogen-bond donors (Lipinski definition) is 2. The van der Waals surface area contributed by atoms with E-state index in [1.165, 1.54) is 0 Å². The molecule has 28 heavy (non-hydrogen) atoms. The Labute approximate surface area is 160 Å². The van der Waals surface area contributed by atoms with Crippen LogP contribution in [0.4, 0.5) is 0 Å². The third kappa shape index (κ3) is 2.96. The van der Waals surface area contributed by atoms with Gasteiger partial charge in [-0.3, -0.25) is 9.20 Å². The highest BCUT2D eigenvalue weighted by Gasteiger charge is 2.29. The first-order valence-electron chi connectivity index (χ1n) is 9.37. The SMILES string of the molecule is COc1ccc2nc(CCNC(=O)c3cccn4c(C5CC5)nnc34)[nH]c2c1. The summed E-state index contributed by atoms with van der Waals surface area (Å²) in [6.07, 6.45) is 4.80. The van der Waals surface area contributed by atoms with Crippen molar-refractivity contribution in [3.8, 4) is 5.75 Å². The van der Waals surface area contributed by atoms with Crippen LogP contribution in [-0.4, -0.2) is 44.1 Å². The zero-order valence-electron chi connectivity index (χ0n) is 15.5. The number of pyridine rings is 1. The lowest BCUT2D eigenvalue weighted by atomic mass is 10.2. The van der Waals surface area contributed by atoms with Gasteiger partial charge in [-0.2, -0.15) is 0 Å². The Balaban J connectivity index is 1.28. The van der Waals surface area contributed by atoms with E-state index < -0.39 is 0 Å².